The summed E-state index contributed by atoms with van der Waals surface area (Å²) in [5.74, 6) is -0.191. The molecule has 4 rings (SSSR count). The maximum atomic E-state index is 13.7. The van der Waals surface area contributed by atoms with E-state index in [-0.39, 0.29) is 5.82 Å². The third-order valence-electron chi connectivity index (χ3n) is 4.45. The summed E-state index contributed by atoms with van der Waals surface area (Å²) >= 11 is 0. The van der Waals surface area contributed by atoms with Crippen molar-refractivity contribution in [2.75, 3.05) is 0 Å². The molecule has 0 bridgehead atoms. The average molecular weight is 304 g/mol. The minimum atomic E-state index is -0.191. The van der Waals surface area contributed by atoms with E-state index in [9.17, 15) is 4.39 Å². The Morgan fingerprint density at radius 3 is 2.65 bits per heavy atom. The van der Waals surface area contributed by atoms with Crippen molar-refractivity contribution in [3.63, 3.8) is 0 Å². The third-order valence-corrected chi connectivity index (χ3v) is 4.45. The van der Waals surface area contributed by atoms with E-state index < -0.39 is 0 Å². The van der Waals surface area contributed by atoms with Gasteiger partial charge in [-0.1, -0.05) is 17.7 Å². The molecule has 114 valence electrons. The van der Waals surface area contributed by atoms with Crippen molar-refractivity contribution in [1.29, 1.82) is 0 Å². The van der Waals surface area contributed by atoms with Crippen molar-refractivity contribution in [3.05, 3.63) is 65.1 Å². The summed E-state index contributed by atoms with van der Waals surface area (Å²) in [6, 6.07) is 11.8. The number of nitrogens with zero attached hydrogens (tertiary/aromatic N) is 1. The van der Waals surface area contributed by atoms with E-state index in [0.717, 1.165) is 33.1 Å². The fourth-order valence-electron chi connectivity index (χ4n) is 3.28. The normalized spacial score (nSPS) is 11.5. The predicted molar refractivity (Wildman–Crippen MR) is 93.2 cm³/mol. The molecule has 0 amide bonds. The van der Waals surface area contributed by atoms with Crippen LogP contribution in [-0.4, -0.2) is 9.97 Å². The van der Waals surface area contributed by atoms with E-state index in [2.05, 4.69) is 37.0 Å². The summed E-state index contributed by atoms with van der Waals surface area (Å²) in [7, 11) is 0. The molecule has 2 aromatic carbocycles. The molecule has 0 saturated carbocycles. The van der Waals surface area contributed by atoms with Gasteiger partial charge in [0, 0.05) is 28.1 Å². The van der Waals surface area contributed by atoms with Gasteiger partial charge in [-0.05, 0) is 50.6 Å². The number of rotatable bonds is 1. The first kappa shape index (κ1) is 13.9. The molecule has 0 spiro atoms. The van der Waals surface area contributed by atoms with E-state index >= 15 is 0 Å². The Morgan fingerprint density at radius 2 is 1.83 bits per heavy atom. The summed E-state index contributed by atoms with van der Waals surface area (Å²) in [5, 5.41) is 2.15. The van der Waals surface area contributed by atoms with E-state index in [1.54, 1.807) is 6.92 Å². The van der Waals surface area contributed by atoms with Gasteiger partial charge in [-0.2, -0.15) is 0 Å². The Labute approximate surface area is 134 Å². The molecule has 0 aliphatic carbocycles. The van der Waals surface area contributed by atoms with Crippen molar-refractivity contribution in [2.24, 2.45) is 0 Å². The molecule has 0 atom stereocenters. The Kier molecular flexibility index (Phi) is 2.98. The number of hydrogen-bond acceptors (Lipinski definition) is 1. The lowest BCUT2D eigenvalue weighted by Gasteiger charge is -2.07. The summed E-state index contributed by atoms with van der Waals surface area (Å²) in [4.78, 5) is 8.03. The smallest absolute Gasteiger partial charge is 0.128 e. The van der Waals surface area contributed by atoms with Crippen LogP contribution in [0.4, 0.5) is 4.39 Å². The van der Waals surface area contributed by atoms with Crippen LogP contribution in [0.1, 0.15) is 16.7 Å². The Morgan fingerprint density at radius 1 is 1.00 bits per heavy atom. The van der Waals surface area contributed by atoms with E-state index in [1.165, 1.54) is 17.2 Å². The number of nitrogens with one attached hydrogen (secondary N) is 1. The van der Waals surface area contributed by atoms with Crippen molar-refractivity contribution < 1.29 is 4.39 Å². The van der Waals surface area contributed by atoms with Crippen LogP contribution in [0.3, 0.4) is 0 Å². The van der Waals surface area contributed by atoms with Gasteiger partial charge in [0.15, 0.2) is 0 Å². The summed E-state index contributed by atoms with van der Waals surface area (Å²) in [6.07, 6.45) is 1.91. The van der Waals surface area contributed by atoms with E-state index in [0.29, 0.717) is 5.56 Å². The second-order valence-corrected chi connectivity index (χ2v) is 6.15. The molecule has 3 heteroatoms. The highest BCUT2D eigenvalue weighted by Gasteiger charge is 2.12. The fraction of sp³-hybridized carbons (Fsp3) is 0.150. The molecule has 0 saturated heterocycles. The van der Waals surface area contributed by atoms with Crippen LogP contribution in [0.2, 0.25) is 0 Å². The van der Waals surface area contributed by atoms with Gasteiger partial charge in [0.25, 0.3) is 0 Å². The zero-order chi connectivity index (χ0) is 16.1. The molecule has 2 aromatic heterocycles. The standard InChI is InChI=1S/C20H17FN2/c1-11-8-12(2)19-14(9-11)4-7-18(23-19)16-10-22-20-13(3)17(21)6-5-15(16)20/h4-10,22H,1-3H3. The lowest BCUT2D eigenvalue weighted by Crippen LogP contribution is -1.89. The maximum Gasteiger partial charge on any atom is 0.128 e. The highest BCUT2D eigenvalue weighted by atomic mass is 19.1. The van der Waals surface area contributed by atoms with Crippen molar-refractivity contribution >= 4 is 21.8 Å². The minimum absolute atomic E-state index is 0.191. The molecule has 0 radical (unpaired) electrons. The predicted octanol–water partition coefficient (Wildman–Crippen LogP) is 5.45. The molecule has 0 unspecified atom stereocenters. The lowest BCUT2D eigenvalue weighted by atomic mass is 10.0. The molecule has 2 nitrogen and oxygen atoms in total. The van der Waals surface area contributed by atoms with Crippen molar-refractivity contribution in [3.8, 4) is 11.3 Å². The molecule has 0 fully saturated rings. The quantitative estimate of drug-likeness (QED) is 0.498. The number of fused-ring (bicyclic) bond motifs is 2. The molecule has 1 N–H and O–H groups in total. The number of aryl methyl sites for hydroxylation is 3. The van der Waals surface area contributed by atoms with Gasteiger partial charge in [0.05, 0.1) is 16.7 Å². The first-order chi connectivity index (χ1) is 11.0. The SMILES string of the molecule is Cc1cc(C)c2nc(-c3c[nH]c4c(C)c(F)ccc34)ccc2c1. The van der Waals surface area contributed by atoms with Crippen molar-refractivity contribution in [1.82, 2.24) is 9.97 Å². The van der Waals surface area contributed by atoms with Gasteiger partial charge in [-0.3, -0.25) is 0 Å². The van der Waals surface area contributed by atoms with Gasteiger partial charge in [0.2, 0.25) is 0 Å². The molecule has 23 heavy (non-hydrogen) atoms. The van der Waals surface area contributed by atoms with Gasteiger partial charge >= 0.3 is 0 Å². The number of aromatic nitrogens is 2. The molecule has 4 aromatic rings. The van der Waals surface area contributed by atoms with Crippen LogP contribution in [0.25, 0.3) is 33.1 Å². The first-order valence-corrected chi connectivity index (χ1v) is 7.69. The number of pyridine rings is 1. The number of H-pyrrole nitrogens is 1. The summed E-state index contributed by atoms with van der Waals surface area (Å²) in [6.45, 7) is 5.97. The fourth-order valence-corrected chi connectivity index (χ4v) is 3.28. The molecular weight excluding hydrogens is 287 g/mol. The minimum Gasteiger partial charge on any atom is -0.360 e. The highest BCUT2D eigenvalue weighted by Crippen LogP contribution is 2.31. The molecule has 2 heterocycles. The van der Waals surface area contributed by atoms with Crippen LogP contribution in [0.5, 0.6) is 0 Å². The van der Waals surface area contributed by atoms with Crippen LogP contribution >= 0.6 is 0 Å². The molecule has 0 aliphatic heterocycles. The number of benzene rings is 2. The van der Waals surface area contributed by atoms with Crippen LogP contribution in [0, 0.1) is 26.6 Å². The number of halogens is 1. The Balaban J connectivity index is 1.98. The zero-order valence-electron chi connectivity index (χ0n) is 13.4. The first-order valence-electron chi connectivity index (χ1n) is 7.69. The topological polar surface area (TPSA) is 28.7 Å². The zero-order valence-corrected chi connectivity index (χ0v) is 13.4. The largest absolute Gasteiger partial charge is 0.360 e. The van der Waals surface area contributed by atoms with Gasteiger partial charge in [-0.25, -0.2) is 9.37 Å². The Hall–Kier alpha value is -2.68. The van der Waals surface area contributed by atoms with E-state index in [1.807, 2.05) is 18.3 Å². The lowest BCUT2D eigenvalue weighted by molar-refractivity contribution is 0.620. The van der Waals surface area contributed by atoms with Crippen LogP contribution < -0.4 is 0 Å². The van der Waals surface area contributed by atoms with Crippen LogP contribution in [-0.2, 0) is 0 Å². The summed E-state index contributed by atoms with van der Waals surface area (Å²) in [5.41, 5.74) is 6.81. The van der Waals surface area contributed by atoms with Crippen molar-refractivity contribution in [2.45, 2.75) is 20.8 Å². The number of hydrogen-bond donors (Lipinski definition) is 1. The highest BCUT2D eigenvalue weighted by molar-refractivity contribution is 5.97. The van der Waals surface area contributed by atoms with Gasteiger partial charge < -0.3 is 4.98 Å². The molecule has 0 aliphatic rings. The monoisotopic (exact) mass is 304 g/mol. The van der Waals surface area contributed by atoms with E-state index in [4.69, 9.17) is 4.98 Å². The second kappa shape index (κ2) is 4.92. The average Bonchev–Trinajstić information content (AvgIpc) is 2.95. The molecular formula is C20H17FN2. The number of aromatic amines is 1. The van der Waals surface area contributed by atoms with Gasteiger partial charge in [0.1, 0.15) is 5.82 Å². The Bertz CT molecular complexity index is 1060. The third kappa shape index (κ3) is 2.12. The maximum absolute atomic E-state index is 13.7. The van der Waals surface area contributed by atoms with Crippen LogP contribution in [0.15, 0.2) is 42.6 Å². The van der Waals surface area contributed by atoms with Gasteiger partial charge in [-0.15, -0.1) is 0 Å². The summed E-state index contributed by atoms with van der Waals surface area (Å²) < 4.78 is 13.7. The second-order valence-electron chi connectivity index (χ2n) is 6.15.